The van der Waals surface area contributed by atoms with Crippen LogP contribution in [0.5, 0.6) is 0 Å². The molecular weight excluding hydrogens is 398 g/mol. The average Bonchev–Trinajstić information content (AvgIpc) is 3.14. The van der Waals surface area contributed by atoms with Gasteiger partial charge in [0, 0.05) is 17.8 Å². The van der Waals surface area contributed by atoms with Crippen LogP contribution in [-0.4, -0.2) is 47.5 Å². The van der Waals surface area contributed by atoms with E-state index in [0.717, 1.165) is 5.70 Å². The maximum absolute atomic E-state index is 12.2. The molecule has 2 aliphatic rings. The summed E-state index contributed by atoms with van der Waals surface area (Å²) in [5, 5.41) is 6.84. The molecule has 2 heterocycles. The Morgan fingerprint density at radius 3 is 2.50 bits per heavy atom. The standard InChI is InChI=1S/C16H16ClN3O4S2/c1-9-12(14(21)23-3)25-16(19(9)2)20(11-7-5-6-10(17)8-11)18-13(26-16)15(22)24-4/h5-8H,1-4H3/t16-/m1/s1. The second-order valence-corrected chi connectivity index (χ2v) is 8.44. The normalized spacial score (nSPS) is 22.1. The molecule has 10 heteroatoms. The number of benzene rings is 1. The Morgan fingerprint density at radius 2 is 1.88 bits per heavy atom. The number of nitrogens with zero attached hydrogens (tertiary/aromatic N) is 3. The van der Waals surface area contributed by atoms with Gasteiger partial charge in [0.1, 0.15) is 4.91 Å². The van der Waals surface area contributed by atoms with Crippen LogP contribution in [0.3, 0.4) is 0 Å². The molecular formula is C16H16ClN3O4S2. The fourth-order valence-electron chi connectivity index (χ4n) is 2.54. The smallest absolute Gasteiger partial charge is 0.365 e. The summed E-state index contributed by atoms with van der Waals surface area (Å²) < 4.78 is 8.81. The average molecular weight is 414 g/mol. The summed E-state index contributed by atoms with van der Waals surface area (Å²) in [5.74, 6) is -0.980. The molecule has 0 fully saturated rings. The molecule has 0 bridgehead atoms. The summed E-state index contributed by atoms with van der Waals surface area (Å²) in [6.45, 7) is 1.82. The van der Waals surface area contributed by atoms with Crippen molar-refractivity contribution in [2.24, 2.45) is 5.10 Å². The van der Waals surface area contributed by atoms with Gasteiger partial charge in [-0.15, -0.1) is 0 Å². The zero-order valence-electron chi connectivity index (χ0n) is 14.5. The number of hydrogen-bond acceptors (Lipinski definition) is 9. The van der Waals surface area contributed by atoms with Gasteiger partial charge in [0.25, 0.3) is 0 Å². The number of ether oxygens (including phenoxy) is 2. The number of carbonyl (C=O) groups excluding carboxylic acids is 2. The summed E-state index contributed by atoms with van der Waals surface area (Å²) in [6.07, 6.45) is 0. The molecule has 0 aromatic heterocycles. The first-order chi connectivity index (χ1) is 12.3. The minimum atomic E-state index is -0.901. The monoisotopic (exact) mass is 413 g/mol. The largest absolute Gasteiger partial charge is 0.465 e. The second-order valence-electron chi connectivity index (χ2n) is 5.41. The minimum Gasteiger partial charge on any atom is -0.465 e. The van der Waals surface area contributed by atoms with E-state index in [9.17, 15) is 9.59 Å². The van der Waals surface area contributed by atoms with Crippen molar-refractivity contribution in [2.45, 2.75) is 11.3 Å². The quantitative estimate of drug-likeness (QED) is 0.700. The number of anilines is 1. The molecule has 0 aliphatic carbocycles. The molecule has 3 rings (SSSR count). The van der Waals surface area contributed by atoms with Gasteiger partial charge in [0.05, 0.1) is 19.9 Å². The van der Waals surface area contributed by atoms with Gasteiger partial charge < -0.3 is 14.4 Å². The highest BCUT2D eigenvalue weighted by Gasteiger charge is 2.56. The summed E-state index contributed by atoms with van der Waals surface area (Å²) in [7, 11) is 4.47. The van der Waals surface area contributed by atoms with Crippen LogP contribution in [0.15, 0.2) is 40.0 Å². The van der Waals surface area contributed by atoms with E-state index in [4.69, 9.17) is 21.1 Å². The third kappa shape index (κ3) is 2.93. The maximum atomic E-state index is 12.2. The van der Waals surface area contributed by atoms with Gasteiger partial charge in [-0.2, -0.15) is 5.10 Å². The molecule has 1 aromatic rings. The SMILES string of the molecule is COC(=O)C1=NN(c2cccc(Cl)c2)[C@@]2(S1)SC(C(=O)OC)=C(C)N2C. The number of rotatable bonds is 3. The molecule has 2 aliphatic heterocycles. The van der Waals surface area contributed by atoms with Gasteiger partial charge in [-0.1, -0.05) is 29.4 Å². The summed E-state index contributed by atoms with van der Waals surface area (Å²) in [6, 6.07) is 7.12. The van der Waals surface area contributed by atoms with Crippen molar-refractivity contribution >= 4 is 57.8 Å². The summed E-state index contributed by atoms with van der Waals surface area (Å²) >= 11 is 8.60. The summed E-state index contributed by atoms with van der Waals surface area (Å²) in [4.78, 5) is 26.6. The lowest BCUT2D eigenvalue weighted by atomic mass is 10.3. The van der Waals surface area contributed by atoms with Gasteiger partial charge in [0.15, 0.2) is 0 Å². The highest BCUT2D eigenvalue weighted by molar-refractivity contribution is 8.28. The molecule has 1 spiro atoms. The Balaban J connectivity index is 2.08. The first-order valence-electron chi connectivity index (χ1n) is 7.48. The third-order valence-corrected chi connectivity index (χ3v) is 7.23. The predicted molar refractivity (Wildman–Crippen MR) is 104 cm³/mol. The van der Waals surface area contributed by atoms with Crippen LogP contribution in [0.4, 0.5) is 5.69 Å². The van der Waals surface area contributed by atoms with Gasteiger partial charge in [-0.05, 0) is 36.9 Å². The topological polar surface area (TPSA) is 71.4 Å². The molecule has 0 radical (unpaired) electrons. The Bertz CT molecular complexity index is 845. The van der Waals surface area contributed by atoms with Crippen LogP contribution in [0.25, 0.3) is 0 Å². The van der Waals surface area contributed by atoms with E-state index in [-0.39, 0.29) is 5.04 Å². The molecule has 138 valence electrons. The number of halogens is 1. The first-order valence-corrected chi connectivity index (χ1v) is 9.49. The van der Waals surface area contributed by atoms with E-state index in [1.165, 1.54) is 37.7 Å². The molecule has 1 atom stereocenters. The predicted octanol–water partition coefficient (Wildman–Crippen LogP) is 3.07. The van der Waals surface area contributed by atoms with Gasteiger partial charge >= 0.3 is 11.9 Å². The van der Waals surface area contributed by atoms with E-state index in [0.29, 0.717) is 15.6 Å². The Hall–Kier alpha value is -1.84. The number of carbonyl (C=O) groups is 2. The van der Waals surface area contributed by atoms with Crippen LogP contribution in [0, 0.1) is 0 Å². The molecule has 7 nitrogen and oxygen atoms in total. The van der Waals surface area contributed by atoms with Crippen LogP contribution in [0.1, 0.15) is 6.92 Å². The minimum absolute atomic E-state index is 0.186. The van der Waals surface area contributed by atoms with Crippen molar-refractivity contribution in [3.63, 3.8) is 0 Å². The van der Waals surface area contributed by atoms with E-state index in [1.807, 2.05) is 24.9 Å². The van der Waals surface area contributed by atoms with E-state index < -0.39 is 16.3 Å². The van der Waals surface area contributed by atoms with Crippen molar-refractivity contribution < 1.29 is 19.1 Å². The lowest BCUT2D eigenvalue weighted by molar-refractivity contribution is -0.135. The summed E-state index contributed by atoms with van der Waals surface area (Å²) in [5.41, 5.74) is 1.41. The highest BCUT2D eigenvalue weighted by atomic mass is 35.5. The highest BCUT2D eigenvalue weighted by Crippen LogP contribution is 2.58. The first kappa shape index (κ1) is 18.9. The number of esters is 2. The van der Waals surface area contributed by atoms with Crippen molar-refractivity contribution in [3.05, 3.63) is 39.9 Å². The Morgan fingerprint density at radius 1 is 1.19 bits per heavy atom. The van der Waals surface area contributed by atoms with Crippen molar-refractivity contribution in [3.8, 4) is 0 Å². The number of hydrogen-bond donors (Lipinski definition) is 0. The molecule has 26 heavy (non-hydrogen) atoms. The van der Waals surface area contributed by atoms with Gasteiger partial charge in [-0.3, -0.25) is 0 Å². The van der Waals surface area contributed by atoms with E-state index >= 15 is 0 Å². The third-order valence-electron chi connectivity index (χ3n) is 3.96. The molecule has 1 aromatic carbocycles. The van der Waals surface area contributed by atoms with Crippen LogP contribution >= 0.6 is 35.1 Å². The zero-order valence-corrected chi connectivity index (χ0v) is 16.9. The van der Waals surface area contributed by atoms with Crippen molar-refractivity contribution in [2.75, 3.05) is 26.3 Å². The molecule has 0 saturated heterocycles. The van der Waals surface area contributed by atoms with Gasteiger partial charge in [-0.25, -0.2) is 14.6 Å². The lowest BCUT2D eigenvalue weighted by Gasteiger charge is -2.39. The number of allylic oxidation sites excluding steroid dienone is 1. The van der Waals surface area contributed by atoms with Crippen LogP contribution < -0.4 is 5.01 Å². The number of thioether (sulfide) groups is 2. The van der Waals surface area contributed by atoms with Crippen molar-refractivity contribution in [1.82, 2.24) is 4.90 Å². The number of methoxy groups -OCH3 is 2. The molecule has 0 amide bonds. The lowest BCUT2D eigenvalue weighted by Crippen LogP contribution is -2.47. The fraction of sp³-hybridized carbons (Fsp3) is 0.312. The fourth-order valence-corrected chi connectivity index (χ4v) is 5.65. The van der Waals surface area contributed by atoms with E-state index in [2.05, 4.69) is 5.10 Å². The van der Waals surface area contributed by atoms with Gasteiger partial charge in [0.2, 0.25) is 9.37 Å². The van der Waals surface area contributed by atoms with Crippen molar-refractivity contribution in [1.29, 1.82) is 0 Å². The van der Waals surface area contributed by atoms with E-state index in [1.54, 1.807) is 23.2 Å². The Labute approximate surface area is 164 Å². The molecule has 0 saturated carbocycles. The zero-order chi connectivity index (χ0) is 19.1. The Kier molecular flexibility index (Phi) is 5.14. The molecule has 0 N–H and O–H groups in total. The number of hydrazone groups is 1. The van der Waals surface area contributed by atoms with Crippen LogP contribution in [-0.2, 0) is 19.1 Å². The molecule has 0 unspecified atom stereocenters. The second kappa shape index (κ2) is 7.05. The van der Waals surface area contributed by atoms with Crippen LogP contribution in [0.2, 0.25) is 5.02 Å². The maximum Gasteiger partial charge on any atom is 0.365 e.